The van der Waals surface area contributed by atoms with E-state index in [2.05, 4.69) is 53.8 Å². The molecule has 1 N–H and O–H groups in total. The fourth-order valence-corrected chi connectivity index (χ4v) is 3.24. The average molecular weight is 268 g/mol. The lowest BCUT2D eigenvalue weighted by Gasteiger charge is -2.38. The van der Waals surface area contributed by atoms with Gasteiger partial charge < -0.3 is 5.32 Å². The molecule has 1 aliphatic rings. The van der Waals surface area contributed by atoms with Crippen LogP contribution in [0.15, 0.2) is 0 Å². The molecule has 0 aromatic rings. The van der Waals surface area contributed by atoms with Crippen molar-refractivity contribution in [2.24, 2.45) is 23.2 Å². The summed E-state index contributed by atoms with van der Waals surface area (Å²) in [6.45, 7) is 17.6. The Morgan fingerprint density at radius 1 is 0.947 bits per heavy atom. The molecule has 1 nitrogen and oxygen atoms in total. The van der Waals surface area contributed by atoms with Gasteiger partial charge in [-0.3, -0.25) is 0 Å². The second kappa shape index (κ2) is 6.61. The molecular weight excluding hydrogens is 230 g/mol. The van der Waals surface area contributed by atoms with Crippen LogP contribution in [0.5, 0.6) is 0 Å². The van der Waals surface area contributed by atoms with Crippen LogP contribution >= 0.6 is 0 Å². The molecule has 0 heterocycles. The minimum Gasteiger partial charge on any atom is -0.312 e. The second-order valence-corrected chi connectivity index (χ2v) is 9.17. The van der Waals surface area contributed by atoms with Crippen molar-refractivity contribution < 1.29 is 0 Å². The van der Waals surface area contributed by atoms with Crippen molar-refractivity contribution in [3.8, 4) is 0 Å². The lowest BCUT2D eigenvalue weighted by molar-refractivity contribution is 0.150. The van der Waals surface area contributed by atoms with E-state index < -0.39 is 0 Å². The molecule has 3 atom stereocenters. The normalized spacial score (nSPS) is 29.5. The van der Waals surface area contributed by atoms with Crippen LogP contribution in [0, 0.1) is 23.2 Å². The van der Waals surface area contributed by atoms with Crippen molar-refractivity contribution in [1.82, 2.24) is 5.32 Å². The summed E-state index contributed by atoms with van der Waals surface area (Å²) in [4.78, 5) is 0. The van der Waals surface area contributed by atoms with E-state index in [4.69, 9.17) is 0 Å². The maximum Gasteiger partial charge on any atom is 0.00966 e. The molecule has 114 valence electrons. The fourth-order valence-electron chi connectivity index (χ4n) is 3.24. The van der Waals surface area contributed by atoms with Gasteiger partial charge in [-0.25, -0.2) is 0 Å². The zero-order valence-electron chi connectivity index (χ0n) is 14.5. The molecule has 0 aromatic heterocycles. The highest BCUT2D eigenvalue weighted by Crippen LogP contribution is 2.38. The molecule has 1 rings (SSSR count). The Kier molecular flexibility index (Phi) is 5.92. The van der Waals surface area contributed by atoms with E-state index in [0.29, 0.717) is 5.41 Å². The van der Waals surface area contributed by atoms with Gasteiger partial charge in [-0.1, -0.05) is 34.1 Å². The molecule has 0 aromatic carbocycles. The van der Waals surface area contributed by atoms with Crippen LogP contribution < -0.4 is 5.32 Å². The first-order valence-corrected chi connectivity index (χ1v) is 8.32. The first-order chi connectivity index (χ1) is 8.57. The standard InChI is InChI=1S/C18H37N/c1-14-8-9-16(13-19-18(5,6)7)15(12-14)10-11-17(2,3)4/h14-16,19H,8-13H2,1-7H3. The van der Waals surface area contributed by atoms with Crippen LogP contribution in [0.4, 0.5) is 0 Å². The quantitative estimate of drug-likeness (QED) is 0.733. The first kappa shape index (κ1) is 17.0. The van der Waals surface area contributed by atoms with Gasteiger partial charge in [0.2, 0.25) is 0 Å². The SMILES string of the molecule is CC1CCC(CNC(C)(C)C)C(CCC(C)(C)C)C1. The Balaban J connectivity index is 2.50. The maximum atomic E-state index is 3.73. The summed E-state index contributed by atoms with van der Waals surface area (Å²) < 4.78 is 0. The third kappa shape index (κ3) is 7.34. The summed E-state index contributed by atoms with van der Waals surface area (Å²) in [6.07, 6.45) is 7.11. The largest absolute Gasteiger partial charge is 0.312 e. The van der Waals surface area contributed by atoms with E-state index in [-0.39, 0.29) is 5.54 Å². The summed E-state index contributed by atoms with van der Waals surface area (Å²) >= 11 is 0. The van der Waals surface area contributed by atoms with Crippen molar-refractivity contribution in [2.75, 3.05) is 6.54 Å². The second-order valence-electron chi connectivity index (χ2n) is 9.17. The van der Waals surface area contributed by atoms with Crippen molar-refractivity contribution in [1.29, 1.82) is 0 Å². The molecule has 1 heteroatoms. The van der Waals surface area contributed by atoms with E-state index in [1.807, 2.05) is 0 Å². The van der Waals surface area contributed by atoms with E-state index in [0.717, 1.165) is 17.8 Å². The van der Waals surface area contributed by atoms with Crippen molar-refractivity contribution in [2.45, 2.75) is 86.1 Å². The minimum atomic E-state index is 0.262. The van der Waals surface area contributed by atoms with Gasteiger partial charge >= 0.3 is 0 Å². The third-order valence-corrected chi connectivity index (χ3v) is 4.56. The molecule has 3 unspecified atom stereocenters. The van der Waals surface area contributed by atoms with Crippen molar-refractivity contribution in [3.63, 3.8) is 0 Å². The van der Waals surface area contributed by atoms with Crippen LogP contribution in [-0.4, -0.2) is 12.1 Å². The molecule has 1 saturated carbocycles. The Labute approximate surface area is 121 Å². The van der Waals surface area contributed by atoms with Crippen molar-refractivity contribution >= 4 is 0 Å². The van der Waals surface area contributed by atoms with Crippen LogP contribution in [-0.2, 0) is 0 Å². The number of nitrogens with one attached hydrogen (secondary N) is 1. The Morgan fingerprint density at radius 2 is 1.58 bits per heavy atom. The van der Waals surface area contributed by atoms with E-state index in [1.165, 1.54) is 38.6 Å². The molecule has 0 amide bonds. The van der Waals surface area contributed by atoms with Gasteiger partial charge in [0.15, 0.2) is 0 Å². The van der Waals surface area contributed by atoms with E-state index in [1.54, 1.807) is 0 Å². The Morgan fingerprint density at radius 3 is 2.11 bits per heavy atom. The highest BCUT2D eigenvalue weighted by atomic mass is 14.9. The summed E-state index contributed by atoms with van der Waals surface area (Å²) in [5.41, 5.74) is 0.750. The van der Waals surface area contributed by atoms with Gasteiger partial charge in [-0.2, -0.15) is 0 Å². The molecule has 0 saturated heterocycles. The molecule has 0 radical (unpaired) electrons. The molecule has 1 fully saturated rings. The third-order valence-electron chi connectivity index (χ3n) is 4.56. The Hall–Kier alpha value is -0.0400. The highest BCUT2D eigenvalue weighted by Gasteiger charge is 2.30. The summed E-state index contributed by atoms with van der Waals surface area (Å²) in [6, 6.07) is 0. The molecular formula is C18H37N. The smallest absolute Gasteiger partial charge is 0.00966 e. The van der Waals surface area contributed by atoms with E-state index >= 15 is 0 Å². The number of hydrogen-bond donors (Lipinski definition) is 1. The van der Waals surface area contributed by atoms with Gasteiger partial charge in [-0.15, -0.1) is 0 Å². The predicted octanol–water partition coefficient (Wildman–Crippen LogP) is 5.25. The minimum absolute atomic E-state index is 0.262. The first-order valence-electron chi connectivity index (χ1n) is 8.32. The lowest BCUT2D eigenvalue weighted by Crippen LogP contribution is -2.42. The van der Waals surface area contributed by atoms with Gasteiger partial charge in [0, 0.05) is 5.54 Å². The van der Waals surface area contributed by atoms with Gasteiger partial charge in [0.05, 0.1) is 0 Å². The topological polar surface area (TPSA) is 12.0 Å². The van der Waals surface area contributed by atoms with Gasteiger partial charge in [0.25, 0.3) is 0 Å². The van der Waals surface area contributed by atoms with Gasteiger partial charge in [-0.05, 0) is 76.2 Å². The summed E-state index contributed by atoms with van der Waals surface area (Å²) in [5.74, 6) is 2.78. The molecule has 1 aliphatic carbocycles. The van der Waals surface area contributed by atoms with E-state index in [9.17, 15) is 0 Å². The van der Waals surface area contributed by atoms with Crippen LogP contribution in [0.25, 0.3) is 0 Å². The average Bonchev–Trinajstić information content (AvgIpc) is 2.22. The molecule has 0 aliphatic heterocycles. The summed E-state index contributed by atoms with van der Waals surface area (Å²) in [7, 11) is 0. The molecule has 19 heavy (non-hydrogen) atoms. The van der Waals surface area contributed by atoms with Crippen LogP contribution in [0.3, 0.4) is 0 Å². The number of rotatable bonds is 4. The van der Waals surface area contributed by atoms with Crippen LogP contribution in [0.1, 0.15) is 80.6 Å². The van der Waals surface area contributed by atoms with Crippen molar-refractivity contribution in [3.05, 3.63) is 0 Å². The zero-order valence-corrected chi connectivity index (χ0v) is 14.5. The Bertz CT molecular complexity index is 256. The van der Waals surface area contributed by atoms with Gasteiger partial charge in [0.1, 0.15) is 0 Å². The summed E-state index contributed by atoms with van der Waals surface area (Å²) in [5, 5.41) is 3.73. The number of hydrogen-bond acceptors (Lipinski definition) is 1. The molecule has 0 bridgehead atoms. The molecule has 0 spiro atoms. The predicted molar refractivity (Wildman–Crippen MR) is 86.4 cm³/mol. The monoisotopic (exact) mass is 267 g/mol. The van der Waals surface area contributed by atoms with Crippen LogP contribution in [0.2, 0.25) is 0 Å². The zero-order chi connectivity index (χ0) is 14.7. The highest BCUT2D eigenvalue weighted by molar-refractivity contribution is 4.83. The maximum absolute atomic E-state index is 3.73. The fraction of sp³-hybridized carbons (Fsp3) is 1.00. The lowest BCUT2D eigenvalue weighted by atomic mass is 9.71.